The van der Waals surface area contributed by atoms with E-state index in [0.29, 0.717) is 0 Å². The predicted molar refractivity (Wildman–Crippen MR) is 317 cm³/mol. The molecule has 0 heterocycles. The summed E-state index contributed by atoms with van der Waals surface area (Å²) in [4.78, 5) is 0. The standard InChI is InChI=1S/C74H48/c1-5-21-49(22-6-1)57-43-58(50-23-7-2-8-24-50)46-61(45-57)73-67-33-17-13-29-63(67)71(64-30-14-18-34-68(64)73)55-39-37-54-42-56(40-38-53(54)41-55)72-65-31-15-19-35-69(65)74(70-36-20-16-32-66(70)72)62-47-59(51-25-9-3-10-26-51)44-60(48-62)52-27-11-4-12-28-52/h1-48H. The van der Waals surface area contributed by atoms with Crippen LogP contribution in [-0.4, -0.2) is 0 Å². The van der Waals surface area contributed by atoms with E-state index >= 15 is 0 Å². The number of benzene rings is 14. The summed E-state index contributed by atoms with van der Waals surface area (Å²) in [6, 6.07) is 107. The second kappa shape index (κ2) is 18.2. The summed E-state index contributed by atoms with van der Waals surface area (Å²) in [6.07, 6.45) is 0. The maximum absolute atomic E-state index is 2.40. The van der Waals surface area contributed by atoms with E-state index < -0.39 is 0 Å². The molecule has 0 aliphatic carbocycles. The van der Waals surface area contributed by atoms with Gasteiger partial charge in [0.05, 0.1) is 0 Å². The van der Waals surface area contributed by atoms with Gasteiger partial charge >= 0.3 is 0 Å². The van der Waals surface area contributed by atoms with E-state index in [4.69, 9.17) is 0 Å². The van der Waals surface area contributed by atoms with Crippen molar-refractivity contribution in [3.63, 3.8) is 0 Å². The molecule has 74 heavy (non-hydrogen) atoms. The van der Waals surface area contributed by atoms with Crippen LogP contribution in [0, 0.1) is 0 Å². The van der Waals surface area contributed by atoms with Crippen LogP contribution in [0.2, 0.25) is 0 Å². The highest BCUT2D eigenvalue weighted by Gasteiger charge is 2.21. The van der Waals surface area contributed by atoms with Crippen LogP contribution in [0.25, 0.3) is 143 Å². The van der Waals surface area contributed by atoms with E-state index in [-0.39, 0.29) is 0 Å². The molecule has 0 spiro atoms. The molecule has 0 unspecified atom stereocenters. The van der Waals surface area contributed by atoms with Crippen LogP contribution in [0.3, 0.4) is 0 Å². The first kappa shape index (κ1) is 43.2. The molecule has 0 aromatic heterocycles. The van der Waals surface area contributed by atoms with Gasteiger partial charge in [-0.3, -0.25) is 0 Å². The molecule has 0 fully saturated rings. The summed E-state index contributed by atoms with van der Waals surface area (Å²) in [5.74, 6) is 0. The third kappa shape index (κ3) is 7.55. The summed E-state index contributed by atoms with van der Waals surface area (Å²) >= 11 is 0. The van der Waals surface area contributed by atoms with Gasteiger partial charge in [-0.2, -0.15) is 0 Å². The summed E-state index contributed by atoms with van der Waals surface area (Å²) in [7, 11) is 0. The van der Waals surface area contributed by atoms with Gasteiger partial charge in [-0.1, -0.05) is 243 Å². The van der Waals surface area contributed by atoms with Gasteiger partial charge in [0.25, 0.3) is 0 Å². The Labute approximate surface area is 431 Å². The van der Waals surface area contributed by atoms with Crippen molar-refractivity contribution in [1.82, 2.24) is 0 Å². The molecule has 14 rings (SSSR count). The van der Waals surface area contributed by atoms with E-state index in [1.807, 2.05) is 0 Å². The zero-order chi connectivity index (χ0) is 49.0. The molecular weight excluding hydrogens is 889 g/mol. The van der Waals surface area contributed by atoms with Crippen molar-refractivity contribution >= 4 is 53.9 Å². The molecule has 14 aromatic rings. The Kier molecular flexibility index (Phi) is 10.6. The minimum atomic E-state index is 1.20. The molecule has 0 heteroatoms. The minimum absolute atomic E-state index is 1.20. The van der Waals surface area contributed by atoms with Crippen LogP contribution in [0.5, 0.6) is 0 Å². The third-order valence-electron chi connectivity index (χ3n) is 15.2. The molecule has 0 amide bonds. The highest BCUT2D eigenvalue weighted by molar-refractivity contribution is 6.24. The number of fused-ring (bicyclic) bond motifs is 5. The normalized spacial score (nSPS) is 11.5. The average molecular weight is 937 g/mol. The van der Waals surface area contributed by atoms with E-state index in [1.54, 1.807) is 0 Å². The summed E-state index contributed by atoms with van der Waals surface area (Å²) in [5, 5.41) is 12.4. The van der Waals surface area contributed by atoms with Crippen molar-refractivity contribution < 1.29 is 0 Å². The van der Waals surface area contributed by atoms with Gasteiger partial charge in [0.2, 0.25) is 0 Å². The molecule has 0 aliphatic heterocycles. The van der Waals surface area contributed by atoms with Crippen molar-refractivity contribution in [2.45, 2.75) is 0 Å². The fourth-order valence-electron chi connectivity index (χ4n) is 11.8. The van der Waals surface area contributed by atoms with Crippen molar-refractivity contribution in [3.05, 3.63) is 291 Å². The minimum Gasteiger partial charge on any atom is -0.0622 e. The molecule has 0 bridgehead atoms. The third-order valence-corrected chi connectivity index (χ3v) is 15.2. The lowest BCUT2D eigenvalue weighted by atomic mass is 9.83. The number of rotatable bonds is 8. The Bertz CT molecular complexity index is 3920. The fraction of sp³-hybridized carbons (Fsp3) is 0. The Morgan fingerprint density at radius 1 is 0.122 bits per heavy atom. The van der Waals surface area contributed by atoms with Crippen LogP contribution in [0.15, 0.2) is 291 Å². The second-order valence-corrected chi connectivity index (χ2v) is 19.5. The summed E-state index contributed by atoms with van der Waals surface area (Å²) in [6.45, 7) is 0. The SMILES string of the molecule is c1ccc(-c2cc(-c3ccccc3)cc(-c3c4ccccc4c(-c4ccc5cc(-c6c7ccccc7c(-c7cc(-c8ccccc8)cc(-c8ccccc8)c7)c7ccccc67)ccc5c4)c4ccccc34)c2)cc1. The maximum Gasteiger partial charge on any atom is -0.00259 e. The largest absolute Gasteiger partial charge is 0.0622 e. The summed E-state index contributed by atoms with van der Waals surface area (Å²) < 4.78 is 0. The fourth-order valence-corrected chi connectivity index (χ4v) is 11.8. The lowest BCUT2D eigenvalue weighted by Gasteiger charge is -2.20. The molecule has 0 saturated heterocycles. The Morgan fingerprint density at radius 2 is 0.324 bits per heavy atom. The Balaban J connectivity index is 0.922. The van der Waals surface area contributed by atoms with Gasteiger partial charge in [0, 0.05) is 0 Å². The molecule has 0 aliphatic rings. The molecule has 0 nitrogen and oxygen atoms in total. The van der Waals surface area contributed by atoms with Gasteiger partial charge in [-0.05, 0) is 191 Å². The topological polar surface area (TPSA) is 0 Å². The zero-order valence-electron chi connectivity index (χ0n) is 40.7. The first-order valence-corrected chi connectivity index (χ1v) is 25.6. The Morgan fingerprint density at radius 3 is 0.568 bits per heavy atom. The smallest absolute Gasteiger partial charge is 0.00259 e. The highest BCUT2D eigenvalue weighted by atomic mass is 14.2. The van der Waals surface area contributed by atoms with Crippen molar-refractivity contribution in [3.8, 4) is 89.0 Å². The first-order valence-electron chi connectivity index (χ1n) is 25.6. The van der Waals surface area contributed by atoms with Crippen molar-refractivity contribution in [2.75, 3.05) is 0 Å². The van der Waals surface area contributed by atoms with Crippen LogP contribution in [0.4, 0.5) is 0 Å². The van der Waals surface area contributed by atoms with Gasteiger partial charge in [-0.25, -0.2) is 0 Å². The van der Waals surface area contributed by atoms with Gasteiger partial charge in [-0.15, -0.1) is 0 Å². The molecule has 14 aromatic carbocycles. The molecule has 0 radical (unpaired) electrons. The van der Waals surface area contributed by atoms with E-state index in [9.17, 15) is 0 Å². The molecular formula is C74H48. The summed E-state index contributed by atoms with van der Waals surface area (Å²) in [5.41, 5.74) is 19.5. The second-order valence-electron chi connectivity index (χ2n) is 19.5. The molecule has 0 saturated carbocycles. The van der Waals surface area contributed by atoms with E-state index in [0.717, 1.165) is 0 Å². The molecule has 344 valence electrons. The van der Waals surface area contributed by atoms with Crippen LogP contribution >= 0.6 is 0 Å². The van der Waals surface area contributed by atoms with Crippen LogP contribution in [-0.2, 0) is 0 Å². The quantitative estimate of drug-likeness (QED) is 0.133. The number of hydrogen-bond donors (Lipinski definition) is 0. The van der Waals surface area contributed by atoms with Crippen LogP contribution in [0.1, 0.15) is 0 Å². The van der Waals surface area contributed by atoms with E-state index in [2.05, 4.69) is 291 Å². The Hall–Kier alpha value is -9.62. The lowest BCUT2D eigenvalue weighted by Crippen LogP contribution is -1.93. The number of hydrogen-bond acceptors (Lipinski definition) is 0. The monoisotopic (exact) mass is 936 g/mol. The van der Waals surface area contributed by atoms with Crippen molar-refractivity contribution in [1.29, 1.82) is 0 Å². The van der Waals surface area contributed by atoms with Crippen LogP contribution < -0.4 is 0 Å². The first-order chi connectivity index (χ1) is 36.7. The lowest BCUT2D eigenvalue weighted by molar-refractivity contribution is 1.58. The van der Waals surface area contributed by atoms with Gasteiger partial charge in [0.1, 0.15) is 0 Å². The zero-order valence-corrected chi connectivity index (χ0v) is 40.7. The van der Waals surface area contributed by atoms with Gasteiger partial charge < -0.3 is 0 Å². The average Bonchev–Trinajstić information content (AvgIpc) is 3.49. The van der Waals surface area contributed by atoms with E-state index in [1.165, 1.54) is 143 Å². The van der Waals surface area contributed by atoms with Crippen molar-refractivity contribution in [2.24, 2.45) is 0 Å². The maximum atomic E-state index is 2.40. The van der Waals surface area contributed by atoms with Gasteiger partial charge in [0.15, 0.2) is 0 Å². The predicted octanol–water partition coefficient (Wildman–Crippen LogP) is 20.8. The molecule has 0 N–H and O–H groups in total. The molecule has 0 atom stereocenters. The highest BCUT2D eigenvalue weighted by Crippen LogP contribution is 2.48.